The fraction of sp³-hybridized carbons (Fsp3) is 1.00. The summed E-state index contributed by atoms with van der Waals surface area (Å²) in [6, 6.07) is 0. The first-order chi connectivity index (χ1) is 6.54. The maximum atomic E-state index is 13.6. The van der Waals surface area contributed by atoms with Crippen molar-refractivity contribution < 1.29 is 4.39 Å². The van der Waals surface area contributed by atoms with Gasteiger partial charge in [0.15, 0.2) is 0 Å². The molecule has 14 heavy (non-hydrogen) atoms. The van der Waals surface area contributed by atoms with Crippen LogP contribution in [0.2, 0.25) is 0 Å². The van der Waals surface area contributed by atoms with Gasteiger partial charge in [0.25, 0.3) is 0 Å². The standard InChI is InChI=1S/C10H20FN.C2H6/c1-4-6-10(5-2)7-9(3,11)8-12-10;1-2/h12H,4-8H2,1-3H3;1-2H3. The second kappa shape index (κ2) is 5.69. The van der Waals surface area contributed by atoms with E-state index in [1.54, 1.807) is 6.92 Å². The van der Waals surface area contributed by atoms with Crippen molar-refractivity contribution in [2.24, 2.45) is 0 Å². The smallest absolute Gasteiger partial charge is 0.122 e. The van der Waals surface area contributed by atoms with Gasteiger partial charge >= 0.3 is 0 Å². The number of hydrogen-bond donors (Lipinski definition) is 1. The van der Waals surface area contributed by atoms with E-state index in [4.69, 9.17) is 0 Å². The quantitative estimate of drug-likeness (QED) is 0.737. The minimum Gasteiger partial charge on any atom is -0.308 e. The van der Waals surface area contributed by atoms with Crippen LogP contribution in [-0.2, 0) is 0 Å². The molecule has 1 rings (SSSR count). The molecule has 1 fully saturated rings. The van der Waals surface area contributed by atoms with E-state index in [-0.39, 0.29) is 5.54 Å². The van der Waals surface area contributed by atoms with E-state index in [0.29, 0.717) is 13.0 Å². The molecule has 86 valence electrons. The molecule has 1 heterocycles. The van der Waals surface area contributed by atoms with Crippen LogP contribution >= 0.6 is 0 Å². The molecule has 2 atom stereocenters. The molecule has 0 aromatic carbocycles. The van der Waals surface area contributed by atoms with Gasteiger partial charge in [0.05, 0.1) is 0 Å². The van der Waals surface area contributed by atoms with E-state index < -0.39 is 5.67 Å². The van der Waals surface area contributed by atoms with Gasteiger partial charge in [0, 0.05) is 18.5 Å². The molecule has 0 aromatic rings. The highest BCUT2D eigenvalue weighted by Crippen LogP contribution is 2.35. The number of rotatable bonds is 3. The molecule has 0 spiro atoms. The monoisotopic (exact) mass is 203 g/mol. The van der Waals surface area contributed by atoms with Gasteiger partial charge in [-0.25, -0.2) is 4.39 Å². The summed E-state index contributed by atoms with van der Waals surface area (Å²) in [4.78, 5) is 0. The Hall–Kier alpha value is -0.110. The molecule has 1 N–H and O–H groups in total. The molecule has 2 heteroatoms. The second-order valence-electron chi connectivity index (χ2n) is 4.33. The van der Waals surface area contributed by atoms with Crippen LogP contribution in [0.5, 0.6) is 0 Å². The first-order valence-electron chi connectivity index (χ1n) is 5.97. The zero-order valence-corrected chi connectivity index (χ0v) is 10.4. The van der Waals surface area contributed by atoms with Crippen molar-refractivity contribution in [3.63, 3.8) is 0 Å². The van der Waals surface area contributed by atoms with Crippen molar-refractivity contribution in [1.82, 2.24) is 5.32 Å². The Morgan fingerprint density at radius 3 is 2.14 bits per heavy atom. The van der Waals surface area contributed by atoms with Crippen molar-refractivity contribution in [3.05, 3.63) is 0 Å². The molecule has 1 saturated heterocycles. The fourth-order valence-corrected chi connectivity index (χ4v) is 2.28. The number of alkyl halides is 1. The summed E-state index contributed by atoms with van der Waals surface area (Å²) in [7, 11) is 0. The van der Waals surface area contributed by atoms with Crippen LogP contribution in [0, 0.1) is 0 Å². The first-order valence-corrected chi connectivity index (χ1v) is 5.97. The van der Waals surface area contributed by atoms with Crippen molar-refractivity contribution >= 4 is 0 Å². The Morgan fingerprint density at radius 1 is 1.29 bits per heavy atom. The van der Waals surface area contributed by atoms with Crippen LogP contribution in [0.15, 0.2) is 0 Å². The van der Waals surface area contributed by atoms with E-state index in [0.717, 1.165) is 19.3 Å². The Kier molecular flexibility index (Phi) is 5.65. The lowest BCUT2D eigenvalue weighted by Crippen LogP contribution is -2.38. The summed E-state index contributed by atoms with van der Waals surface area (Å²) < 4.78 is 13.6. The summed E-state index contributed by atoms with van der Waals surface area (Å²) in [6.07, 6.45) is 3.96. The lowest BCUT2D eigenvalue weighted by molar-refractivity contribution is 0.195. The number of nitrogens with one attached hydrogen (secondary N) is 1. The second-order valence-corrected chi connectivity index (χ2v) is 4.33. The SMILES string of the molecule is CC.CCCC1(CC)CC(C)(F)CN1. The predicted molar refractivity (Wildman–Crippen MR) is 61.4 cm³/mol. The van der Waals surface area contributed by atoms with Gasteiger partial charge in [-0.3, -0.25) is 0 Å². The number of halogens is 1. The van der Waals surface area contributed by atoms with Gasteiger partial charge in [0.1, 0.15) is 5.67 Å². The molecular weight excluding hydrogens is 177 g/mol. The topological polar surface area (TPSA) is 12.0 Å². The van der Waals surface area contributed by atoms with Crippen LogP contribution in [0.1, 0.15) is 60.3 Å². The minimum absolute atomic E-state index is 0.0955. The number of hydrogen-bond acceptors (Lipinski definition) is 1. The Bertz CT molecular complexity index is 156. The third kappa shape index (κ3) is 3.56. The van der Waals surface area contributed by atoms with Gasteiger partial charge in [-0.1, -0.05) is 34.1 Å². The van der Waals surface area contributed by atoms with E-state index >= 15 is 0 Å². The molecule has 0 aliphatic carbocycles. The van der Waals surface area contributed by atoms with Crippen molar-refractivity contribution in [1.29, 1.82) is 0 Å². The third-order valence-electron chi connectivity index (χ3n) is 2.94. The molecule has 1 aliphatic heterocycles. The Morgan fingerprint density at radius 2 is 1.86 bits per heavy atom. The molecular formula is C12H26FN. The van der Waals surface area contributed by atoms with Gasteiger partial charge in [-0.05, 0) is 19.8 Å². The van der Waals surface area contributed by atoms with Gasteiger partial charge < -0.3 is 5.32 Å². The van der Waals surface area contributed by atoms with Crippen molar-refractivity contribution in [2.45, 2.75) is 71.5 Å². The molecule has 2 unspecified atom stereocenters. The Balaban J connectivity index is 0.000000791. The fourth-order valence-electron chi connectivity index (χ4n) is 2.28. The van der Waals surface area contributed by atoms with E-state index in [1.165, 1.54) is 0 Å². The van der Waals surface area contributed by atoms with Crippen LogP contribution < -0.4 is 5.32 Å². The molecule has 1 nitrogen and oxygen atoms in total. The lowest BCUT2D eigenvalue weighted by atomic mass is 9.86. The summed E-state index contributed by atoms with van der Waals surface area (Å²) in [5.41, 5.74) is -0.885. The van der Waals surface area contributed by atoms with Crippen molar-refractivity contribution in [2.75, 3.05) is 6.54 Å². The molecule has 0 radical (unpaired) electrons. The normalized spacial score (nSPS) is 36.4. The molecule has 0 saturated carbocycles. The summed E-state index contributed by atoms with van der Waals surface area (Å²) in [5.74, 6) is 0. The first kappa shape index (κ1) is 13.9. The maximum absolute atomic E-state index is 13.6. The van der Waals surface area contributed by atoms with E-state index in [1.807, 2.05) is 13.8 Å². The van der Waals surface area contributed by atoms with Gasteiger partial charge in [-0.2, -0.15) is 0 Å². The highest BCUT2D eigenvalue weighted by molar-refractivity contribution is 5.01. The highest BCUT2D eigenvalue weighted by atomic mass is 19.1. The van der Waals surface area contributed by atoms with Gasteiger partial charge in [-0.15, -0.1) is 0 Å². The minimum atomic E-state index is -0.981. The van der Waals surface area contributed by atoms with Crippen LogP contribution in [-0.4, -0.2) is 17.8 Å². The average Bonchev–Trinajstić information content (AvgIpc) is 2.47. The zero-order chi connectivity index (χ0) is 11.2. The summed E-state index contributed by atoms with van der Waals surface area (Å²) in [5, 5.41) is 3.34. The van der Waals surface area contributed by atoms with Crippen LogP contribution in [0.25, 0.3) is 0 Å². The van der Waals surface area contributed by atoms with Crippen molar-refractivity contribution in [3.8, 4) is 0 Å². The highest BCUT2D eigenvalue weighted by Gasteiger charge is 2.43. The molecule has 0 amide bonds. The average molecular weight is 203 g/mol. The molecule has 0 aromatic heterocycles. The largest absolute Gasteiger partial charge is 0.308 e. The maximum Gasteiger partial charge on any atom is 0.122 e. The summed E-state index contributed by atoms with van der Waals surface area (Å²) >= 11 is 0. The lowest BCUT2D eigenvalue weighted by Gasteiger charge is -2.28. The van der Waals surface area contributed by atoms with E-state index in [9.17, 15) is 4.39 Å². The van der Waals surface area contributed by atoms with Gasteiger partial charge in [0.2, 0.25) is 0 Å². The van der Waals surface area contributed by atoms with Crippen LogP contribution in [0.4, 0.5) is 4.39 Å². The van der Waals surface area contributed by atoms with E-state index in [2.05, 4.69) is 19.2 Å². The Labute approximate surface area is 88.5 Å². The molecule has 1 aliphatic rings. The summed E-state index contributed by atoms with van der Waals surface area (Å²) in [6.45, 7) is 10.5. The zero-order valence-electron chi connectivity index (χ0n) is 10.4. The predicted octanol–water partition coefficient (Wildman–Crippen LogP) is 3.68. The third-order valence-corrected chi connectivity index (χ3v) is 2.94. The van der Waals surface area contributed by atoms with Crippen LogP contribution in [0.3, 0.4) is 0 Å². The molecule has 0 bridgehead atoms.